The minimum atomic E-state index is -3.51. The van der Waals surface area contributed by atoms with Crippen LogP contribution in [-0.2, 0) is 28.6 Å². The molecule has 0 N–H and O–H groups in total. The maximum absolute atomic E-state index is 14.4. The van der Waals surface area contributed by atoms with Gasteiger partial charge in [-0.2, -0.15) is 0 Å². The second-order valence-corrected chi connectivity index (χ2v) is 15.4. The SMILES string of the molecule is CCc1ccccc1CS(=O)(=O)C1CN(Cc2ccccc2)CCN1[SH]1(N2CCN(CC)CC2)[C]=CN=C1. The van der Waals surface area contributed by atoms with E-state index in [2.05, 4.69) is 54.8 Å². The Hall–Kier alpha value is -2.01. The van der Waals surface area contributed by atoms with Crippen LogP contribution in [0.25, 0.3) is 0 Å². The summed E-state index contributed by atoms with van der Waals surface area (Å²) in [6.07, 6.45) is 2.59. The molecule has 0 saturated carbocycles. The van der Waals surface area contributed by atoms with E-state index in [0.717, 1.165) is 63.4 Å². The number of nitrogens with zero attached hydrogens (tertiary/aromatic N) is 5. The summed E-state index contributed by atoms with van der Waals surface area (Å²) in [4.78, 5) is 9.29. The predicted molar refractivity (Wildman–Crippen MR) is 160 cm³/mol. The summed E-state index contributed by atoms with van der Waals surface area (Å²) in [5.74, 6) is 0.0574. The van der Waals surface area contributed by atoms with Gasteiger partial charge in [-0.05, 0) is 29.7 Å². The lowest BCUT2D eigenvalue weighted by atomic mass is 10.1. The van der Waals surface area contributed by atoms with Crippen LogP contribution in [-0.4, -0.2) is 90.1 Å². The van der Waals surface area contributed by atoms with E-state index in [9.17, 15) is 8.42 Å². The first kappa shape index (κ1) is 27.6. The van der Waals surface area contributed by atoms with Gasteiger partial charge in [0.15, 0.2) is 9.84 Å². The Morgan fingerprint density at radius 1 is 0.895 bits per heavy atom. The van der Waals surface area contributed by atoms with E-state index >= 15 is 0 Å². The normalized spacial score (nSPS) is 24.1. The molecule has 5 rings (SSSR count). The number of benzene rings is 2. The van der Waals surface area contributed by atoms with E-state index in [4.69, 9.17) is 0 Å². The van der Waals surface area contributed by atoms with E-state index in [-0.39, 0.29) is 5.75 Å². The van der Waals surface area contributed by atoms with E-state index in [0.29, 0.717) is 13.1 Å². The number of aryl methyl sites for hydroxylation is 1. The van der Waals surface area contributed by atoms with Gasteiger partial charge in [-0.3, -0.25) is 14.2 Å². The molecule has 2 radical (unpaired) electrons. The maximum atomic E-state index is 14.4. The van der Waals surface area contributed by atoms with E-state index in [1.54, 1.807) is 6.20 Å². The third kappa shape index (κ3) is 5.78. The van der Waals surface area contributed by atoms with Crippen molar-refractivity contribution in [3.05, 3.63) is 82.9 Å². The molecule has 0 spiro atoms. The molecule has 7 nitrogen and oxygen atoms in total. The van der Waals surface area contributed by atoms with Crippen molar-refractivity contribution >= 4 is 25.8 Å². The van der Waals surface area contributed by atoms with Crippen molar-refractivity contribution in [2.75, 3.05) is 52.4 Å². The Labute approximate surface area is 230 Å². The first-order chi connectivity index (χ1) is 18.4. The molecule has 0 amide bonds. The largest absolute Gasteiger partial charge is 0.301 e. The number of sulfone groups is 1. The molecule has 206 valence electrons. The number of rotatable bonds is 9. The third-order valence-electron chi connectivity index (χ3n) is 8.08. The van der Waals surface area contributed by atoms with Gasteiger partial charge >= 0.3 is 0 Å². The smallest absolute Gasteiger partial charge is 0.172 e. The van der Waals surface area contributed by atoms with Gasteiger partial charge in [-0.15, -0.1) is 10.4 Å². The monoisotopic (exact) mass is 555 g/mol. The minimum absolute atomic E-state index is 0.0574. The van der Waals surface area contributed by atoms with Gasteiger partial charge in [0.05, 0.1) is 11.3 Å². The van der Waals surface area contributed by atoms with Crippen LogP contribution >= 0.6 is 10.4 Å². The van der Waals surface area contributed by atoms with Crippen molar-refractivity contribution in [3.63, 3.8) is 0 Å². The number of piperazine rings is 2. The predicted octanol–water partition coefficient (Wildman–Crippen LogP) is 3.63. The Kier molecular flexibility index (Phi) is 8.72. The average Bonchev–Trinajstić information content (AvgIpc) is 3.45. The summed E-state index contributed by atoms with van der Waals surface area (Å²) in [6, 6.07) is 18.3. The van der Waals surface area contributed by atoms with Crippen molar-refractivity contribution in [2.45, 2.75) is 37.9 Å². The number of aliphatic imine (C=N–C) groups is 1. The fraction of sp³-hybridized carbons (Fsp3) is 0.483. The molecule has 1 unspecified atom stereocenters. The summed E-state index contributed by atoms with van der Waals surface area (Å²) in [7, 11) is -5.80. The van der Waals surface area contributed by atoms with Crippen molar-refractivity contribution in [3.8, 4) is 0 Å². The molecule has 3 heterocycles. The van der Waals surface area contributed by atoms with Gasteiger partial charge in [0.25, 0.3) is 0 Å². The summed E-state index contributed by atoms with van der Waals surface area (Å²) in [5, 5.41) is 2.99. The molecule has 0 aromatic heterocycles. The first-order valence-corrected chi connectivity index (χ1v) is 17.2. The number of thiol groups is 1. The summed E-state index contributed by atoms with van der Waals surface area (Å²) in [6.45, 7) is 11.9. The van der Waals surface area contributed by atoms with Crippen molar-refractivity contribution in [2.24, 2.45) is 4.99 Å². The van der Waals surface area contributed by atoms with Crippen molar-refractivity contribution in [1.82, 2.24) is 18.4 Å². The van der Waals surface area contributed by atoms with E-state index < -0.39 is 25.6 Å². The second kappa shape index (κ2) is 12.0. The van der Waals surface area contributed by atoms with Crippen molar-refractivity contribution < 1.29 is 8.42 Å². The summed E-state index contributed by atoms with van der Waals surface area (Å²) >= 11 is 0. The Morgan fingerprint density at radius 2 is 1.58 bits per heavy atom. The van der Waals surface area contributed by atoms with Gasteiger partial charge in [0.2, 0.25) is 0 Å². The molecule has 3 aliphatic rings. The molecule has 0 aliphatic carbocycles. The van der Waals surface area contributed by atoms with E-state index in [1.807, 2.05) is 48.0 Å². The van der Waals surface area contributed by atoms with Crippen LogP contribution in [0.4, 0.5) is 0 Å². The topological polar surface area (TPSA) is 59.5 Å². The highest BCUT2D eigenvalue weighted by atomic mass is 32.3. The van der Waals surface area contributed by atoms with Crippen LogP contribution in [0, 0.1) is 5.41 Å². The quantitative estimate of drug-likeness (QED) is 0.477. The molecule has 3 aliphatic heterocycles. The van der Waals surface area contributed by atoms with Crippen LogP contribution in [0.15, 0.2) is 65.8 Å². The van der Waals surface area contributed by atoms with Crippen LogP contribution in [0.2, 0.25) is 0 Å². The molecular weight excluding hydrogens is 514 g/mol. The number of hydrogen-bond acceptors (Lipinski definition) is 7. The van der Waals surface area contributed by atoms with Gasteiger partial charge < -0.3 is 4.90 Å². The number of hydrogen-bond donors (Lipinski definition) is 1. The molecule has 2 saturated heterocycles. The van der Waals surface area contributed by atoms with Gasteiger partial charge in [-0.1, -0.05) is 68.4 Å². The molecule has 2 aromatic rings. The zero-order chi connectivity index (χ0) is 26.6. The zero-order valence-electron chi connectivity index (χ0n) is 22.6. The fourth-order valence-corrected chi connectivity index (χ4v) is 11.7. The lowest BCUT2D eigenvalue weighted by molar-refractivity contribution is 0.157. The molecule has 9 heteroatoms. The Bertz CT molecular complexity index is 1230. The first-order valence-electron chi connectivity index (χ1n) is 13.8. The second-order valence-electron chi connectivity index (χ2n) is 10.3. The molecule has 38 heavy (non-hydrogen) atoms. The average molecular weight is 556 g/mol. The highest BCUT2D eigenvalue weighted by Gasteiger charge is 2.46. The molecule has 0 bridgehead atoms. The molecular formula is C29H41N5O2S2. The van der Waals surface area contributed by atoms with Crippen LogP contribution in [0.3, 0.4) is 0 Å². The Morgan fingerprint density at radius 3 is 2.24 bits per heavy atom. The highest BCUT2D eigenvalue weighted by molar-refractivity contribution is 8.42. The van der Waals surface area contributed by atoms with Crippen LogP contribution in [0.5, 0.6) is 0 Å². The van der Waals surface area contributed by atoms with E-state index in [1.165, 1.54) is 5.56 Å². The van der Waals surface area contributed by atoms with Gasteiger partial charge in [0, 0.05) is 64.0 Å². The summed E-state index contributed by atoms with van der Waals surface area (Å²) in [5.41, 5.74) is 5.26. The Balaban J connectivity index is 1.47. The summed E-state index contributed by atoms with van der Waals surface area (Å²) < 4.78 is 33.5. The maximum Gasteiger partial charge on any atom is 0.172 e. The highest BCUT2D eigenvalue weighted by Crippen LogP contribution is 2.58. The molecule has 2 aromatic carbocycles. The standard InChI is InChI=1S/C29H41N5O2S2/c1-3-27-12-8-9-13-28(27)24-38(35,36)29-23-32(22-26-10-6-5-7-11-26)17-20-34(29)37(21-14-30-25-37)33-18-15-31(4-2)16-19-33/h5-14,25,29,37H,3-4,15-20,22-24H2,1-2H3. The lowest BCUT2D eigenvalue weighted by Gasteiger charge is -2.57. The molecule has 2 fully saturated rings. The van der Waals surface area contributed by atoms with Gasteiger partial charge in [-0.25, -0.2) is 12.7 Å². The van der Waals surface area contributed by atoms with Crippen LogP contribution in [0.1, 0.15) is 30.5 Å². The molecule has 1 atom stereocenters. The zero-order valence-corrected chi connectivity index (χ0v) is 24.3. The van der Waals surface area contributed by atoms with Gasteiger partial charge in [0.1, 0.15) is 5.37 Å². The van der Waals surface area contributed by atoms with Crippen LogP contribution < -0.4 is 0 Å². The third-order valence-corrected chi connectivity index (χ3v) is 13.7. The number of likely N-dealkylation sites (N-methyl/N-ethyl adjacent to an activating group) is 1. The lowest BCUT2D eigenvalue weighted by Crippen LogP contribution is -2.60. The fourth-order valence-electron chi connectivity index (χ4n) is 5.88. The minimum Gasteiger partial charge on any atom is -0.301 e. The van der Waals surface area contributed by atoms with Crippen molar-refractivity contribution in [1.29, 1.82) is 0 Å².